The Morgan fingerprint density at radius 3 is 2.95 bits per heavy atom. The van der Waals surface area contributed by atoms with Crippen molar-refractivity contribution in [1.82, 2.24) is 4.98 Å². The lowest BCUT2D eigenvalue weighted by Crippen LogP contribution is -2.20. The molecule has 0 aliphatic carbocycles. The van der Waals surface area contributed by atoms with Crippen molar-refractivity contribution in [3.05, 3.63) is 46.5 Å². The van der Waals surface area contributed by atoms with Crippen molar-refractivity contribution in [2.75, 3.05) is 5.32 Å². The van der Waals surface area contributed by atoms with Gasteiger partial charge in [-0.15, -0.1) is 11.3 Å². The van der Waals surface area contributed by atoms with Gasteiger partial charge >= 0.3 is 5.97 Å². The maximum Gasteiger partial charge on any atom is 0.326 e. The van der Waals surface area contributed by atoms with Gasteiger partial charge in [0.05, 0.1) is 5.69 Å². The second kappa shape index (κ2) is 5.93. The molecule has 20 heavy (non-hydrogen) atoms. The SMILES string of the molecule is NC(C(=O)O)c1csc(NCc2cc(F)ccc2F)n1. The smallest absolute Gasteiger partial charge is 0.326 e. The lowest BCUT2D eigenvalue weighted by Gasteiger charge is -2.05. The summed E-state index contributed by atoms with van der Waals surface area (Å²) in [6.45, 7) is 0.0405. The van der Waals surface area contributed by atoms with Gasteiger partial charge in [0.1, 0.15) is 17.7 Å². The summed E-state index contributed by atoms with van der Waals surface area (Å²) >= 11 is 1.14. The van der Waals surface area contributed by atoms with E-state index in [1.54, 1.807) is 0 Å². The number of carboxylic acids is 1. The zero-order chi connectivity index (χ0) is 14.7. The van der Waals surface area contributed by atoms with Crippen LogP contribution in [0.1, 0.15) is 17.3 Å². The molecule has 0 spiro atoms. The van der Waals surface area contributed by atoms with E-state index in [0.717, 1.165) is 29.5 Å². The highest BCUT2D eigenvalue weighted by molar-refractivity contribution is 7.13. The van der Waals surface area contributed by atoms with E-state index in [1.165, 1.54) is 5.38 Å². The molecule has 8 heteroatoms. The van der Waals surface area contributed by atoms with Crippen LogP contribution in [0.25, 0.3) is 0 Å². The molecule has 0 fully saturated rings. The summed E-state index contributed by atoms with van der Waals surface area (Å²) in [5.74, 6) is -2.24. The van der Waals surface area contributed by atoms with Crippen molar-refractivity contribution < 1.29 is 18.7 Å². The van der Waals surface area contributed by atoms with Crippen LogP contribution in [0.4, 0.5) is 13.9 Å². The zero-order valence-electron chi connectivity index (χ0n) is 10.1. The third-order valence-corrected chi connectivity index (χ3v) is 3.36. The van der Waals surface area contributed by atoms with Crippen molar-refractivity contribution in [1.29, 1.82) is 0 Å². The summed E-state index contributed by atoms with van der Waals surface area (Å²) in [5, 5.41) is 13.4. The van der Waals surface area contributed by atoms with Crippen molar-refractivity contribution in [3.63, 3.8) is 0 Å². The first-order chi connectivity index (χ1) is 9.47. The van der Waals surface area contributed by atoms with Crippen LogP contribution >= 0.6 is 11.3 Å². The van der Waals surface area contributed by atoms with E-state index in [0.29, 0.717) is 5.13 Å². The van der Waals surface area contributed by atoms with Gasteiger partial charge in [-0.1, -0.05) is 0 Å². The van der Waals surface area contributed by atoms with E-state index < -0.39 is 23.6 Å². The topological polar surface area (TPSA) is 88.2 Å². The van der Waals surface area contributed by atoms with Crippen molar-refractivity contribution in [2.45, 2.75) is 12.6 Å². The Kier molecular flexibility index (Phi) is 4.26. The minimum atomic E-state index is -1.20. The molecule has 0 saturated carbocycles. The fraction of sp³-hybridized carbons (Fsp3) is 0.167. The average Bonchev–Trinajstić information content (AvgIpc) is 2.87. The molecule has 1 aromatic carbocycles. The third-order valence-electron chi connectivity index (χ3n) is 2.54. The summed E-state index contributed by atoms with van der Waals surface area (Å²) < 4.78 is 26.4. The van der Waals surface area contributed by atoms with Crippen LogP contribution in [0, 0.1) is 11.6 Å². The van der Waals surface area contributed by atoms with Crippen LogP contribution in [0.3, 0.4) is 0 Å². The normalized spacial score (nSPS) is 12.2. The number of anilines is 1. The monoisotopic (exact) mass is 299 g/mol. The highest BCUT2D eigenvalue weighted by Gasteiger charge is 2.17. The molecule has 1 heterocycles. The number of aliphatic carboxylic acids is 1. The minimum Gasteiger partial charge on any atom is -0.480 e. The standard InChI is InChI=1S/C12H11F2N3O2S/c13-7-1-2-8(14)6(3-7)4-16-12-17-9(5-20-12)10(15)11(18)19/h1-3,5,10H,4,15H2,(H,16,17)(H,18,19). The maximum atomic E-state index is 13.4. The van der Waals surface area contributed by atoms with Gasteiger partial charge in [-0.3, -0.25) is 4.79 Å². The van der Waals surface area contributed by atoms with E-state index in [2.05, 4.69) is 10.3 Å². The number of nitrogens with zero attached hydrogens (tertiary/aromatic N) is 1. The van der Waals surface area contributed by atoms with Gasteiger partial charge < -0.3 is 16.2 Å². The Morgan fingerprint density at radius 2 is 2.25 bits per heavy atom. The number of hydrogen-bond acceptors (Lipinski definition) is 5. The first-order valence-electron chi connectivity index (χ1n) is 5.59. The molecule has 1 aromatic heterocycles. The minimum absolute atomic E-state index is 0.0405. The predicted octanol–water partition coefficient (Wildman–Crippen LogP) is 2.12. The lowest BCUT2D eigenvalue weighted by atomic mass is 10.2. The summed E-state index contributed by atoms with van der Waals surface area (Å²) in [4.78, 5) is 14.7. The second-order valence-electron chi connectivity index (χ2n) is 3.98. The van der Waals surface area contributed by atoms with Gasteiger partial charge in [0.15, 0.2) is 5.13 Å². The van der Waals surface area contributed by atoms with E-state index >= 15 is 0 Å². The van der Waals surface area contributed by atoms with E-state index in [9.17, 15) is 13.6 Å². The lowest BCUT2D eigenvalue weighted by molar-refractivity contribution is -0.138. The molecule has 5 nitrogen and oxygen atoms in total. The molecule has 4 N–H and O–H groups in total. The van der Waals surface area contributed by atoms with Gasteiger partial charge in [-0.2, -0.15) is 0 Å². The molecule has 106 valence electrons. The molecular formula is C12H11F2N3O2S. The first-order valence-corrected chi connectivity index (χ1v) is 6.47. The highest BCUT2D eigenvalue weighted by atomic mass is 32.1. The van der Waals surface area contributed by atoms with Crippen LogP contribution in [0.15, 0.2) is 23.6 Å². The third kappa shape index (κ3) is 3.28. The number of nitrogens with one attached hydrogen (secondary N) is 1. The van der Waals surface area contributed by atoms with Gasteiger partial charge in [0, 0.05) is 17.5 Å². The number of halogens is 2. The fourth-order valence-electron chi connectivity index (χ4n) is 1.49. The Hall–Kier alpha value is -2.06. The van der Waals surface area contributed by atoms with E-state index in [1.807, 2.05) is 0 Å². The van der Waals surface area contributed by atoms with Crippen LogP contribution in [0.2, 0.25) is 0 Å². The molecule has 0 radical (unpaired) electrons. The summed E-state index contributed by atoms with van der Waals surface area (Å²) in [6.07, 6.45) is 0. The Bertz CT molecular complexity index is 633. The largest absolute Gasteiger partial charge is 0.480 e. The molecule has 0 saturated heterocycles. The maximum absolute atomic E-state index is 13.4. The number of carboxylic acid groups (broad SMARTS) is 1. The van der Waals surface area contributed by atoms with Gasteiger partial charge in [0.2, 0.25) is 0 Å². The highest BCUT2D eigenvalue weighted by Crippen LogP contribution is 2.21. The molecule has 1 unspecified atom stereocenters. The molecule has 2 aromatic rings. The Balaban J connectivity index is 2.04. The molecule has 0 amide bonds. The molecular weight excluding hydrogens is 288 g/mol. The number of aromatic nitrogens is 1. The number of benzene rings is 1. The predicted molar refractivity (Wildman–Crippen MR) is 70.4 cm³/mol. The van der Waals surface area contributed by atoms with Crippen LogP contribution in [-0.4, -0.2) is 16.1 Å². The molecule has 0 bridgehead atoms. The summed E-state index contributed by atoms with van der Waals surface area (Å²) in [6, 6.07) is 1.96. The quantitative estimate of drug-likeness (QED) is 0.787. The number of hydrogen-bond donors (Lipinski definition) is 3. The Morgan fingerprint density at radius 1 is 1.50 bits per heavy atom. The number of rotatable bonds is 5. The van der Waals surface area contributed by atoms with Crippen LogP contribution in [0.5, 0.6) is 0 Å². The molecule has 1 atom stereocenters. The fourth-order valence-corrected chi connectivity index (χ4v) is 2.23. The molecule has 2 rings (SSSR count). The van der Waals surface area contributed by atoms with Gasteiger partial charge in [0.25, 0.3) is 0 Å². The van der Waals surface area contributed by atoms with Gasteiger partial charge in [-0.25, -0.2) is 13.8 Å². The number of nitrogens with two attached hydrogens (primary N) is 1. The van der Waals surface area contributed by atoms with Crippen molar-refractivity contribution >= 4 is 22.4 Å². The molecule has 0 aliphatic heterocycles. The van der Waals surface area contributed by atoms with Crippen molar-refractivity contribution in [2.24, 2.45) is 5.73 Å². The summed E-state index contributed by atoms with van der Waals surface area (Å²) in [5.41, 5.74) is 5.78. The zero-order valence-corrected chi connectivity index (χ0v) is 11.0. The van der Waals surface area contributed by atoms with Gasteiger partial charge in [-0.05, 0) is 18.2 Å². The molecule has 0 aliphatic rings. The van der Waals surface area contributed by atoms with Crippen LogP contribution in [-0.2, 0) is 11.3 Å². The Labute approximate surface area is 117 Å². The van der Waals surface area contributed by atoms with Crippen LogP contribution < -0.4 is 11.1 Å². The number of thiazole rings is 1. The van der Waals surface area contributed by atoms with E-state index in [-0.39, 0.29) is 17.8 Å². The average molecular weight is 299 g/mol. The van der Waals surface area contributed by atoms with Crippen molar-refractivity contribution in [3.8, 4) is 0 Å². The second-order valence-corrected chi connectivity index (χ2v) is 4.84. The van der Waals surface area contributed by atoms with E-state index in [4.69, 9.17) is 10.8 Å². The first kappa shape index (κ1) is 14.4. The summed E-state index contributed by atoms with van der Waals surface area (Å²) in [7, 11) is 0. The number of carbonyl (C=O) groups is 1.